The van der Waals surface area contributed by atoms with Crippen LogP contribution in [0.4, 0.5) is 10.1 Å². The Labute approximate surface area is 203 Å². The van der Waals surface area contributed by atoms with Crippen molar-refractivity contribution >= 4 is 17.6 Å². The Morgan fingerprint density at radius 2 is 1.68 bits per heavy atom. The summed E-state index contributed by atoms with van der Waals surface area (Å²) in [4.78, 5) is 30.7. The number of likely N-dealkylation sites (tertiary alicyclic amines) is 2. The van der Waals surface area contributed by atoms with E-state index in [1.54, 1.807) is 4.90 Å². The summed E-state index contributed by atoms with van der Waals surface area (Å²) in [6, 6.07) is 6.55. The molecule has 3 heterocycles. The summed E-state index contributed by atoms with van der Waals surface area (Å²) in [6.45, 7) is 11.8. The summed E-state index contributed by atoms with van der Waals surface area (Å²) < 4.78 is 15.6. The first-order chi connectivity index (χ1) is 16.0. The molecule has 34 heavy (non-hydrogen) atoms. The van der Waals surface area contributed by atoms with E-state index in [1.165, 1.54) is 16.8 Å². The molecule has 6 nitrogen and oxygen atoms in total. The number of anilines is 1. The second-order valence-electron chi connectivity index (χ2n) is 11.5. The van der Waals surface area contributed by atoms with E-state index in [0.29, 0.717) is 38.4 Å². The smallest absolute Gasteiger partial charge is 0.306 e. The Bertz CT molecular complexity index is 914. The maximum atomic E-state index is 15.6. The zero-order valence-electron chi connectivity index (χ0n) is 21.1. The lowest BCUT2D eigenvalue weighted by Crippen LogP contribution is -2.51. The lowest BCUT2D eigenvalue weighted by atomic mass is 9.86. The lowest BCUT2D eigenvalue weighted by molar-refractivity contribution is -0.144. The molecule has 3 fully saturated rings. The summed E-state index contributed by atoms with van der Waals surface area (Å²) in [5.74, 6) is -0.962. The summed E-state index contributed by atoms with van der Waals surface area (Å²) in [6.07, 6.45) is 3.26. The van der Waals surface area contributed by atoms with Gasteiger partial charge in [-0.1, -0.05) is 12.1 Å². The molecule has 3 saturated heterocycles. The van der Waals surface area contributed by atoms with E-state index < -0.39 is 11.6 Å². The molecule has 0 aromatic heterocycles. The summed E-state index contributed by atoms with van der Waals surface area (Å²) >= 11 is 0. The average Bonchev–Trinajstić information content (AvgIpc) is 3.23. The number of carboxylic acids is 1. The highest BCUT2D eigenvalue weighted by Crippen LogP contribution is 2.39. The third kappa shape index (κ3) is 5.09. The van der Waals surface area contributed by atoms with Gasteiger partial charge < -0.3 is 14.9 Å². The number of halogens is 1. The third-order valence-electron chi connectivity index (χ3n) is 8.14. The van der Waals surface area contributed by atoms with Crippen molar-refractivity contribution in [2.24, 2.45) is 5.92 Å². The quantitative estimate of drug-likeness (QED) is 0.710. The van der Waals surface area contributed by atoms with E-state index in [0.717, 1.165) is 25.9 Å². The highest BCUT2D eigenvalue weighted by molar-refractivity contribution is 5.86. The van der Waals surface area contributed by atoms with Gasteiger partial charge in [0.2, 0.25) is 5.67 Å². The molecule has 7 heteroatoms. The molecule has 0 spiro atoms. The average molecular weight is 474 g/mol. The Balaban J connectivity index is 1.41. The van der Waals surface area contributed by atoms with Crippen LogP contribution in [0.15, 0.2) is 18.2 Å². The van der Waals surface area contributed by atoms with Crippen molar-refractivity contribution in [2.45, 2.75) is 76.9 Å². The van der Waals surface area contributed by atoms with Crippen LogP contribution in [0.25, 0.3) is 0 Å². The van der Waals surface area contributed by atoms with E-state index in [4.69, 9.17) is 0 Å². The van der Waals surface area contributed by atoms with Gasteiger partial charge in [0.25, 0.3) is 5.91 Å². The number of hydrogen-bond acceptors (Lipinski definition) is 4. The highest BCUT2D eigenvalue weighted by atomic mass is 19.1. The van der Waals surface area contributed by atoms with Crippen molar-refractivity contribution < 1.29 is 19.1 Å². The second-order valence-corrected chi connectivity index (χ2v) is 11.5. The van der Waals surface area contributed by atoms with E-state index in [1.807, 2.05) is 0 Å². The van der Waals surface area contributed by atoms with Crippen LogP contribution in [-0.4, -0.2) is 77.3 Å². The Kier molecular flexibility index (Phi) is 6.96. The van der Waals surface area contributed by atoms with Crippen LogP contribution in [-0.2, 0) is 9.59 Å². The van der Waals surface area contributed by atoms with Crippen molar-refractivity contribution in [1.29, 1.82) is 0 Å². The number of alkyl halides is 1. The predicted octanol–water partition coefficient (Wildman–Crippen LogP) is 4.21. The first kappa shape index (κ1) is 25.0. The van der Waals surface area contributed by atoms with E-state index in [9.17, 15) is 14.7 Å². The minimum absolute atomic E-state index is 0.137. The Morgan fingerprint density at radius 3 is 2.24 bits per heavy atom. The number of carboxylic acid groups (broad SMARTS) is 1. The molecule has 0 unspecified atom stereocenters. The number of carbonyl (C=O) groups excluding carboxylic acids is 1. The molecule has 1 atom stereocenters. The van der Waals surface area contributed by atoms with Crippen molar-refractivity contribution in [3.8, 4) is 0 Å². The number of hydrogen-bond donors (Lipinski definition) is 1. The molecule has 1 aromatic carbocycles. The molecule has 1 N–H and O–H groups in total. The van der Waals surface area contributed by atoms with Crippen molar-refractivity contribution in [3.05, 3.63) is 29.3 Å². The number of carbonyl (C=O) groups is 2. The molecule has 3 aliphatic heterocycles. The molecular formula is C27H40FN3O3. The minimum Gasteiger partial charge on any atom is -0.481 e. The number of benzene rings is 1. The van der Waals surface area contributed by atoms with E-state index >= 15 is 4.39 Å². The van der Waals surface area contributed by atoms with Crippen molar-refractivity contribution in [1.82, 2.24) is 9.80 Å². The summed E-state index contributed by atoms with van der Waals surface area (Å²) in [7, 11) is 0. The molecule has 0 radical (unpaired) electrons. The van der Waals surface area contributed by atoms with Gasteiger partial charge in [-0.25, -0.2) is 4.39 Å². The van der Waals surface area contributed by atoms with E-state index in [-0.39, 0.29) is 30.3 Å². The van der Waals surface area contributed by atoms with Gasteiger partial charge >= 0.3 is 5.97 Å². The molecule has 188 valence electrons. The lowest BCUT2D eigenvalue weighted by Gasteiger charge is -2.39. The molecule has 0 bridgehead atoms. The highest BCUT2D eigenvalue weighted by Gasteiger charge is 2.49. The van der Waals surface area contributed by atoms with Gasteiger partial charge in [-0.15, -0.1) is 0 Å². The molecule has 4 rings (SSSR count). The number of aryl methyl sites for hydroxylation is 1. The first-order valence-corrected chi connectivity index (χ1v) is 12.8. The monoisotopic (exact) mass is 473 g/mol. The van der Waals surface area contributed by atoms with Crippen LogP contribution in [0.3, 0.4) is 0 Å². The second kappa shape index (κ2) is 9.48. The molecular weight excluding hydrogens is 433 g/mol. The minimum atomic E-state index is -1.77. The number of nitrogens with zero attached hydrogens (tertiary/aromatic N) is 3. The molecule has 1 aromatic rings. The fourth-order valence-electron chi connectivity index (χ4n) is 5.84. The maximum Gasteiger partial charge on any atom is 0.306 e. The standard InChI is InChI=1S/C27H40FN3O3/c1-19-5-6-22(23(17-19)29-12-9-21(10-13-29)24(32)33)20-7-14-30(15-8-20)25(34)27(28)11-16-31(18-27)26(2,3)4/h5-6,17,20-21H,7-16,18H2,1-4H3,(H,32,33)/t27-/m1/s1. The van der Waals surface area contributed by atoms with Gasteiger partial charge in [-0.3, -0.25) is 14.5 Å². The molecule has 1 amide bonds. The SMILES string of the molecule is Cc1ccc(C2CCN(C(=O)[C@@]3(F)CCN(C(C)(C)C)C3)CC2)c(N2CCC(C(=O)O)CC2)c1. The first-order valence-electron chi connectivity index (χ1n) is 12.8. The molecule has 3 aliphatic rings. The van der Waals surface area contributed by atoms with Gasteiger partial charge in [0.1, 0.15) is 0 Å². The summed E-state index contributed by atoms with van der Waals surface area (Å²) in [5.41, 5.74) is 1.76. The zero-order chi connectivity index (χ0) is 24.7. The van der Waals surface area contributed by atoms with Crippen molar-refractivity contribution in [3.63, 3.8) is 0 Å². The summed E-state index contributed by atoms with van der Waals surface area (Å²) in [5, 5.41) is 9.34. The Morgan fingerprint density at radius 1 is 1.03 bits per heavy atom. The van der Waals surface area contributed by atoms with Crippen LogP contribution < -0.4 is 4.90 Å². The van der Waals surface area contributed by atoms with Crippen LogP contribution in [0.1, 0.15) is 69.9 Å². The normalized spacial score (nSPS) is 25.7. The third-order valence-corrected chi connectivity index (χ3v) is 8.14. The maximum absolute atomic E-state index is 15.6. The van der Waals surface area contributed by atoms with Crippen LogP contribution in [0, 0.1) is 12.8 Å². The van der Waals surface area contributed by atoms with Crippen LogP contribution >= 0.6 is 0 Å². The van der Waals surface area contributed by atoms with E-state index in [2.05, 4.69) is 55.7 Å². The largest absolute Gasteiger partial charge is 0.481 e. The predicted molar refractivity (Wildman–Crippen MR) is 132 cm³/mol. The number of aliphatic carboxylic acids is 1. The molecule has 0 saturated carbocycles. The van der Waals surface area contributed by atoms with Crippen molar-refractivity contribution in [2.75, 3.05) is 44.2 Å². The van der Waals surface area contributed by atoms with Gasteiger partial charge in [0.15, 0.2) is 0 Å². The van der Waals surface area contributed by atoms with Gasteiger partial charge in [-0.05, 0) is 76.5 Å². The topological polar surface area (TPSA) is 64.1 Å². The van der Waals surface area contributed by atoms with Crippen LogP contribution in [0.2, 0.25) is 0 Å². The van der Waals surface area contributed by atoms with Gasteiger partial charge in [0.05, 0.1) is 5.92 Å². The van der Waals surface area contributed by atoms with Gasteiger partial charge in [0, 0.05) is 56.9 Å². The fraction of sp³-hybridized carbons (Fsp3) is 0.704. The number of amides is 1. The number of rotatable bonds is 4. The Hall–Kier alpha value is -2.15. The fourth-order valence-corrected chi connectivity index (χ4v) is 5.84. The van der Waals surface area contributed by atoms with Gasteiger partial charge in [-0.2, -0.15) is 0 Å². The van der Waals surface area contributed by atoms with Crippen LogP contribution in [0.5, 0.6) is 0 Å². The molecule has 0 aliphatic carbocycles. The zero-order valence-corrected chi connectivity index (χ0v) is 21.1. The number of piperidine rings is 2.